The molecule has 3 rings (SSSR count). The largest absolute Gasteiger partial charge is 0.348 e. The van der Waals surface area contributed by atoms with E-state index in [0.717, 1.165) is 29.5 Å². The number of nitrogens with one attached hydrogen (secondary N) is 4. The Morgan fingerprint density at radius 3 is 2.77 bits per heavy atom. The first-order valence-electron chi connectivity index (χ1n) is 7.43. The van der Waals surface area contributed by atoms with E-state index in [1.807, 2.05) is 31.2 Å². The highest BCUT2D eigenvalue weighted by Crippen LogP contribution is 2.21. The number of hydrogen-bond acceptors (Lipinski definition) is 4. The van der Waals surface area contributed by atoms with E-state index in [0.29, 0.717) is 12.0 Å². The molecular weight excluding hydrogens is 368 g/mol. The maximum Gasteiger partial charge on any atom is 0.239 e. The fourth-order valence-electron chi connectivity index (χ4n) is 3.11. The summed E-state index contributed by atoms with van der Waals surface area (Å²) in [6.45, 7) is 3.91. The Hall–Kier alpha value is -0.660. The fraction of sp³-hybridized carbons (Fsp3) is 0.533. The maximum atomic E-state index is 12.5. The second-order valence-electron chi connectivity index (χ2n) is 5.81. The van der Waals surface area contributed by atoms with Gasteiger partial charge in [-0.2, -0.15) is 0 Å². The minimum atomic E-state index is -0.166. The first kappa shape index (κ1) is 17.7. The van der Waals surface area contributed by atoms with Gasteiger partial charge in [-0.05, 0) is 37.6 Å². The van der Waals surface area contributed by atoms with E-state index < -0.39 is 0 Å². The number of carbonyl (C=O) groups excluding carboxylic acids is 1. The molecule has 4 unspecified atom stereocenters. The van der Waals surface area contributed by atoms with Crippen molar-refractivity contribution in [1.29, 1.82) is 0 Å². The van der Waals surface area contributed by atoms with Gasteiger partial charge in [-0.1, -0.05) is 28.1 Å². The Labute approximate surface area is 145 Å². The summed E-state index contributed by atoms with van der Waals surface area (Å²) in [5.41, 5.74) is 7.52. The number of carbonyl (C=O) groups is 1. The van der Waals surface area contributed by atoms with Crippen molar-refractivity contribution >= 4 is 34.2 Å². The molecule has 0 spiro atoms. The number of hydrazine groups is 1. The SMILES string of the molecule is CC(NC(=O)C1NNC2CCNCC21)c1ccc(Br)cc1.Cl. The Morgan fingerprint density at radius 2 is 2.05 bits per heavy atom. The average molecular weight is 390 g/mol. The number of amides is 1. The van der Waals surface area contributed by atoms with Gasteiger partial charge in [-0.3, -0.25) is 10.2 Å². The van der Waals surface area contributed by atoms with Crippen LogP contribution in [0.2, 0.25) is 0 Å². The lowest BCUT2D eigenvalue weighted by Crippen LogP contribution is -2.49. The molecule has 2 aliphatic rings. The summed E-state index contributed by atoms with van der Waals surface area (Å²) in [6, 6.07) is 8.28. The van der Waals surface area contributed by atoms with Crippen molar-refractivity contribution in [2.24, 2.45) is 5.92 Å². The summed E-state index contributed by atoms with van der Waals surface area (Å²) in [4.78, 5) is 12.5. The van der Waals surface area contributed by atoms with Crippen molar-refractivity contribution in [3.05, 3.63) is 34.3 Å². The molecule has 4 atom stereocenters. The Morgan fingerprint density at radius 1 is 1.32 bits per heavy atom. The van der Waals surface area contributed by atoms with Gasteiger partial charge in [-0.25, -0.2) is 5.43 Å². The normalized spacial score (nSPS) is 28.4. The standard InChI is InChI=1S/C15H21BrN4O.ClH/c1-9(10-2-4-11(16)5-3-10)18-15(21)14-12-8-17-7-6-13(12)19-20-14;/h2-5,9,12-14,17,19-20H,6-8H2,1H3,(H,18,21);1H. The third kappa shape index (κ3) is 3.81. The number of benzene rings is 1. The molecule has 0 radical (unpaired) electrons. The lowest BCUT2D eigenvalue weighted by atomic mass is 9.89. The van der Waals surface area contributed by atoms with Crippen LogP contribution in [0.4, 0.5) is 0 Å². The molecule has 5 nitrogen and oxygen atoms in total. The van der Waals surface area contributed by atoms with Gasteiger partial charge in [0.1, 0.15) is 6.04 Å². The lowest BCUT2D eigenvalue weighted by molar-refractivity contribution is -0.124. The van der Waals surface area contributed by atoms with Crippen molar-refractivity contribution < 1.29 is 4.79 Å². The average Bonchev–Trinajstić information content (AvgIpc) is 2.92. The van der Waals surface area contributed by atoms with Crippen LogP contribution in [-0.2, 0) is 4.79 Å². The van der Waals surface area contributed by atoms with Crippen LogP contribution in [0, 0.1) is 5.92 Å². The zero-order valence-corrected chi connectivity index (χ0v) is 14.8. The molecular formula is C15H22BrClN4O. The zero-order valence-electron chi connectivity index (χ0n) is 12.4. The van der Waals surface area contributed by atoms with E-state index in [9.17, 15) is 4.79 Å². The highest BCUT2D eigenvalue weighted by molar-refractivity contribution is 9.10. The van der Waals surface area contributed by atoms with Crippen LogP contribution in [0.5, 0.6) is 0 Å². The van der Waals surface area contributed by atoms with Gasteiger partial charge in [-0.15, -0.1) is 12.4 Å². The monoisotopic (exact) mass is 388 g/mol. The first-order chi connectivity index (χ1) is 10.1. The highest BCUT2D eigenvalue weighted by atomic mass is 79.9. The Bertz CT molecular complexity index is 513. The lowest BCUT2D eigenvalue weighted by Gasteiger charge is -2.28. The summed E-state index contributed by atoms with van der Waals surface area (Å²) < 4.78 is 1.04. The summed E-state index contributed by atoms with van der Waals surface area (Å²) in [5.74, 6) is 0.380. The fourth-order valence-corrected chi connectivity index (χ4v) is 3.38. The smallest absolute Gasteiger partial charge is 0.239 e. The van der Waals surface area contributed by atoms with E-state index in [2.05, 4.69) is 37.4 Å². The molecule has 0 aliphatic carbocycles. The Balaban J connectivity index is 0.00000176. The summed E-state index contributed by atoms with van der Waals surface area (Å²) >= 11 is 3.42. The van der Waals surface area contributed by atoms with Gasteiger partial charge in [0.05, 0.1) is 6.04 Å². The minimum Gasteiger partial charge on any atom is -0.348 e. The molecule has 2 fully saturated rings. The van der Waals surface area contributed by atoms with Crippen molar-refractivity contribution in [1.82, 2.24) is 21.5 Å². The zero-order chi connectivity index (χ0) is 14.8. The van der Waals surface area contributed by atoms with Crippen LogP contribution in [0.1, 0.15) is 24.9 Å². The molecule has 1 amide bonds. The van der Waals surface area contributed by atoms with Gasteiger partial charge < -0.3 is 10.6 Å². The quantitative estimate of drug-likeness (QED) is 0.633. The van der Waals surface area contributed by atoms with Crippen LogP contribution < -0.4 is 21.5 Å². The topological polar surface area (TPSA) is 65.2 Å². The summed E-state index contributed by atoms with van der Waals surface area (Å²) in [7, 11) is 0. The number of rotatable bonds is 3. The molecule has 0 saturated carbocycles. The number of halogens is 2. The predicted octanol–water partition coefficient (Wildman–Crippen LogP) is 1.50. The maximum absolute atomic E-state index is 12.5. The van der Waals surface area contributed by atoms with Gasteiger partial charge >= 0.3 is 0 Å². The van der Waals surface area contributed by atoms with E-state index in [4.69, 9.17) is 0 Å². The van der Waals surface area contributed by atoms with Crippen molar-refractivity contribution in [2.75, 3.05) is 13.1 Å². The van der Waals surface area contributed by atoms with Crippen LogP contribution in [0.3, 0.4) is 0 Å². The minimum absolute atomic E-state index is 0. The van der Waals surface area contributed by atoms with Crippen molar-refractivity contribution in [3.8, 4) is 0 Å². The molecule has 2 aliphatic heterocycles. The molecule has 0 bridgehead atoms. The van der Waals surface area contributed by atoms with E-state index in [1.54, 1.807) is 0 Å². The summed E-state index contributed by atoms with van der Waals surface area (Å²) in [6.07, 6.45) is 1.06. The molecule has 1 aromatic rings. The number of fused-ring (bicyclic) bond motifs is 1. The van der Waals surface area contributed by atoms with E-state index >= 15 is 0 Å². The van der Waals surface area contributed by atoms with Gasteiger partial charge in [0, 0.05) is 23.0 Å². The molecule has 7 heteroatoms. The molecule has 122 valence electrons. The van der Waals surface area contributed by atoms with Crippen LogP contribution in [0.25, 0.3) is 0 Å². The third-order valence-corrected chi connectivity index (χ3v) is 4.92. The number of hydrogen-bond donors (Lipinski definition) is 4. The van der Waals surface area contributed by atoms with E-state index in [1.165, 1.54) is 0 Å². The molecule has 1 aromatic carbocycles. The van der Waals surface area contributed by atoms with E-state index in [-0.39, 0.29) is 30.4 Å². The molecule has 4 N–H and O–H groups in total. The van der Waals surface area contributed by atoms with Crippen LogP contribution in [0.15, 0.2) is 28.7 Å². The predicted molar refractivity (Wildman–Crippen MR) is 92.8 cm³/mol. The van der Waals surface area contributed by atoms with Crippen molar-refractivity contribution in [3.63, 3.8) is 0 Å². The molecule has 2 saturated heterocycles. The Kier molecular flexibility index (Phi) is 6.23. The van der Waals surface area contributed by atoms with Crippen LogP contribution in [-0.4, -0.2) is 31.1 Å². The molecule has 22 heavy (non-hydrogen) atoms. The van der Waals surface area contributed by atoms with Crippen molar-refractivity contribution in [2.45, 2.75) is 31.5 Å². The van der Waals surface area contributed by atoms with Gasteiger partial charge in [0.25, 0.3) is 0 Å². The number of piperidine rings is 1. The second kappa shape index (κ2) is 7.75. The molecule has 0 aromatic heterocycles. The summed E-state index contributed by atoms with van der Waals surface area (Å²) in [5, 5.41) is 6.47. The second-order valence-corrected chi connectivity index (χ2v) is 6.73. The van der Waals surface area contributed by atoms with Gasteiger partial charge in [0.2, 0.25) is 5.91 Å². The highest BCUT2D eigenvalue weighted by Gasteiger charge is 2.41. The molecule has 2 heterocycles. The third-order valence-electron chi connectivity index (χ3n) is 4.39. The van der Waals surface area contributed by atoms with Crippen LogP contribution >= 0.6 is 28.3 Å². The first-order valence-corrected chi connectivity index (χ1v) is 8.22. The van der Waals surface area contributed by atoms with Gasteiger partial charge in [0.15, 0.2) is 0 Å².